The van der Waals surface area contributed by atoms with Crippen LogP contribution in [0.15, 0.2) is 24.3 Å². The molecule has 0 spiro atoms. The van der Waals surface area contributed by atoms with Crippen molar-refractivity contribution in [3.05, 3.63) is 29.8 Å². The number of piperidine rings is 1. The summed E-state index contributed by atoms with van der Waals surface area (Å²) in [7, 11) is 1.73. The van der Waals surface area contributed by atoms with Crippen LogP contribution in [0.1, 0.15) is 25.8 Å². The summed E-state index contributed by atoms with van der Waals surface area (Å²) >= 11 is 0. The molecule has 1 N–H and O–H groups in total. The van der Waals surface area contributed by atoms with Crippen LogP contribution >= 0.6 is 0 Å². The van der Waals surface area contributed by atoms with Gasteiger partial charge in [-0.2, -0.15) is 0 Å². The minimum atomic E-state index is 0.229. The summed E-state index contributed by atoms with van der Waals surface area (Å²) in [5, 5.41) is 3.50. The lowest BCUT2D eigenvalue weighted by atomic mass is 9.69. The molecule has 0 aliphatic carbocycles. The molecule has 88 valence electrons. The average Bonchev–Trinajstić information content (AvgIpc) is 2.33. The summed E-state index contributed by atoms with van der Waals surface area (Å²) in [6.07, 6.45) is 1.24. The number of nitrogens with one attached hydrogen (secondary N) is 1. The van der Waals surface area contributed by atoms with Gasteiger partial charge < -0.3 is 10.1 Å². The summed E-state index contributed by atoms with van der Waals surface area (Å²) in [6, 6.07) is 8.48. The zero-order valence-corrected chi connectivity index (χ0v) is 10.4. The van der Waals surface area contributed by atoms with E-state index < -0.39 is 0 Å². The molecule has 0 radical (unpaired) electrons. The summed E-state index contributed by atoms with van der Waals surface area (Å²) in [5.74, 6) is 1.66. The van der Waals surface area contributed by atoms with Gasteiger partial charge in [0.25, 0.3) is 0 Å². The zero-order chi connectivity index (χ0) is 11.6. The van der Waals surface area contributed by atoms with Gasteiger partial charge in [-0.15, -0.1) is 0 Å². The van der Waals surface area contributed by atoms with Crippen molar-refractivity contribution in [3.8, 4) is 5.75 Å². The van der Waals surface area contributed by atoms with Gasteiger partial charge in [0.05, 0.1) is 7.11 Å². The third-order valence-electron chi connectivity index (χ3n) is 4.06. The molecule has 1 aromatic rings. The predicted molar refractivity (Wildman–Crippen MR) is 67.0 cm³/mol. The fraction of sp³-hybridized carbons (Fsp3) is 0.571. The van der Waals surface area contributed by atoms with E-state index in [1.807, 2.05) is 6.07 Å². The van der Waals surface area contributed by atoms with Crippen molar-refractivity contribution < 1.29 is 4.74 Å². The summed E-state index contributed by atoms with van der Waals surface area (Å²) in [4.78, 5) is 0. The van der Waals surface area contributed by atoms with Gasteiger partial charge in [-0.1, -0.05) is 26.0 Å². The van der Waals surface area contributed by atoms with E-state index in [2.05, 4.69) is 37.4 Å². The van der Waals surface area contributed by atoms with E-state index in [0.717, 1.165) is 18.8 Å². The molecular weight excluding hydrogens is 198 g/mol. The van der Waals surface area contributed by atoms with Gasteiger partial charge in [-0.25, -0.2) is 0 Å². The molecule has 1 heterocycles. The molecule has 0 unspecified atom stereocenters. The smallest absolute Gasteiger partial charge is 0.119 e. The van der Waals surface area contributed by atoms with Gasteiger partial charge in [0.1, 0.15) is 5.75 Å². The highest BCUT2D eigenvalue weighted by molar-refractivity contribution is 5.34. The van der Waals surface area contributed by atoms with Crippen molar-refractivity contribution in [1.82, 2.24) is 5.32 Å². The van der Waals surface area contributed by atoms with Crippen molar-refractivity contribution in [2.45, 2.75) is 25.7 Å². The molecule has 2 heteroatoms. The predicted octanol–water partition coefficient (Wildman–Crippen LogP) is 2.58. The number of benzene rings is 1. The molecule has 1 aromatic carbocycles. The maximum Gasteiger partial charge on any atom is 0.119 e. The maximum absolute atomic E-state index is 5.31. The highest BCUT2D eigenvalue weighted by Gasteiger charge is 2.35. The lowest BCUT2D eigenvalue weighted by molar-refractivity contribution is 0.238. The minimum absolute atomic E-state index is 0.229. The Kier molecular flexibility index (Phi) is 3.20. The molecular formula is C14H21NO. The third-order valence-corrected chi connectivity index (χ3v) is 4.06. The van der Waals surface area contributed by atoms with E-state index in [1.165, 1.54) is 12.0 Å². The first kappa shape index (κ1) is 11.5. The minimum Gasteiger partial charge on any atom is -0.497 e. The molecule has 0 aromatic heterocycles. The molecule has 0 bridgehead atoms. The highest BCUT2D eigenvalue weighted by atomic mass is 16.5. The molecule has 0 amide bonds. The Morgan fingerprint density at radius 1 is 1.44 bits per heavy atom. The van der Waals surface area contributed by atoms with Gasteiger partial charge in [-0.05, 0) is 36.6 Å². The normalized spacial score (nSPS) is 30.1. The van der Waals surface area contributed by atoms with Crippen molar-refractivity contribution in [1.29, 1.82) is 0 Å². The van der Waals surface area contributed by atoms with Crippen LogP contribution in [0.25, 0.3) is 0 Å². The Bertz CT molecular complexity index is 364. The van der Waals surface area contributed by atoms with Crippen molar-refractivity contribution >= 4 is 0 Å². The number of hydrogen-bond donors (Lipinski definition) is 1. The highest BCUT2D eigenvalue weighted by Crippen LogP contribution is 2.36. The molecule has 2 atom stereocenters. The largest absolute Gasteiger partial charge is 0.497 e. The van der Waals surface area contributed by atoms with Crippen LogP contribution in [0.3, 0.4) is 0 Å². The fourth-order valence-electron chi connectivity index (χ4n) is 2.52. The van der Waals surface area contributed by atoms with Crippen LogP contribution in [0.2, 0.25) is 0 Å². The number of ether oxygens (including phenoxy) is 1. The standard InChI is InChI=1S/C14H21NO/c1-11-7-8-15-10-14(11,2)12-5-4-6-13(9-12)16-3/h4-6,9,11,15H,7-8,10H2,1-3H3/t11-,14+/m0/s1. The van der Waals surface area contributed by atoms with Crippen LogP contribution < -0.4 is 10.1 Å². The molecule has 2 nitrogen and oxygen atoms in total. The SMILES string of the molecule is COc1cccc([C@]2(C)CNCC[C@@H]2C)c1. The second-order valence-electron chi connectivity index (χ2n) is 5.02. The molecule has 1 aliphatic rings. The monoisotopic (exact) mass is 219 g/mol. The van der Waals surface area contributed by atoms with E-state index in [4.69, 9.17) is 4.74 Å². The van der Waals surface area contributed by atoms with Gasteiger partial charge in [0.2, 0.25) is 0 Å². The van der Waals surface area contributed by atoms with Crippen molar-refractivity contribution in [3.63, 3.8) is 0 Å². The molecule has 2 rings (SSSR count). The quantitative estimate of drug-likeness (QED) is 0.825. The van der Waals surface area contributed by atoms with Crippen LogP contribution in [-0.4, -0.2) is 20.2 Å². The molecule has 1 aliphatic heterocycles. The van der Waals surface area contributed by atoms with E-state index in [-0.39, 0.29) is 5.41 Å². The Hall–Kier alpha value is -1.02. The number of methoxy groups -OCH3 is 1. The topological polar surface area (TPSA) is 21.3 Å². The van der Waals surface area contributed by atoms with Gasteiger partial charge in [0.15, 0.2) is 0 Å². The molecule has 16 heavy (non-hydrogen) atoms. The van der Waals surface area contributed by atoms with Crippen LogP contribution in [0.4, 0.5) is 0 Å². The summed E-state index contributed by atoms with van der Waals surface area (Å²) < 4.78 is 5.31. The van der Waals surface area contributed by atoms with E-state index in [9.17, 15) is 0 Å². The molecule has 1 saturated heterocycles. The Morgan fingerprint density at radius 3 is 2.94 bits per heavy atom. The number of rotatable bonds is 2. The van der Waals surface area contributed by atoms with Crippen LogP contribution in [-0.2, 0) is 5.41 Å². The molecule has 1 fully saturated rings. The van der Waals surface area contributed by atoms with E-state index >= 15 is 0 Å². The Morgan fingerprint density at radius 2 is 2.25 bits per heavy atom. The van der Waals surface area contributed by atoms with Crippen molar-refractivity contribution in [2.75, 3.05) is 20.2 Å². The van der Waals surface area contributed by atoms with Crippen molar-refractivity contribution in [2.24, 2.45) is 5.92 Å². The van der Waals surface area contributed by atoms with Gasteiger partial charge in [-0.3, -0.25) is 0 Å². The first-order chi connectivity index (χ1) is 7.66. The Labute approximate surface area is 98.0 Å². The lowest BCUT2D eigenvalue weighted by Crippen LogP contribution is -2.46. The summed E-state index contributed by atoms with van der Waals surface area (Å²) in [6.45, 7) is 6.89. The van der Waals surface area contributed by atoms with E-state index in [1.54, 1.807) is 7.11 Å². The maximum atomic E-state index is 5.31. The van der Waals surface area contributed by atoms with Crippen LogP contribution in [0, 0.1) is 5.92 Å². The lowest BCUT2D eigenvalue weighted by Gasteiger charge is -2.40. The Balaban J connectivity index is 2.33. The average molecular weight is 219 g/mol. The third kappa shape index (κ3) is 1.94. The zero-order valence-electron chi connectivity index (χ0n) is 10.4. The van der Waals surface area contributed by atoms with Gasteiger partial charge >= 0.3 is 0 Å². The second-order valence-corrected chi connectivity index (χ2v) is 5.02. The number of hydrogen-bond acceptors (Lipinski definition) is 2. The van der Waals surface area contributed by atoms with E-state index in [0.29, 0.717) is 5.92 Å². The van der Waals surface area contributed by atoms with Gasteiger partial charge in [0, 0.05) is 12.0 Å². The molecule has 0 saturated carbocycles. The first-order valence-corrected chi connectivity index (χ1v) is 6.02. The second kappa shape index (κ2) is 4.46. The van der Waals surface area contributed by atoms with Crippen LogP contribution in [0.5, 0.6) is 5.75 Å². The fourth-order valence-corrected chi connectivity index (χ4v) is 2.52. The first-order valence-electron chi connectivity index (χ1n) is 6.02. The summed E-state index contributed by atoms with van der Waals surface area (Å²) in [5.41, 5.74) is 1.61.